The van der Waals surface area contributed by atoms with E-state index in [9.17, 15) is 28.1 Å². The third-order valence-corrected chi connectivity index (χ3v) is 6.82. The molecule has 1 fully saturated rings. The first kappa shape index (κ1) is 23.4. The smallest absolute Gasteiger partial charge is 0.338 e. The third kappa shape index (κ3) is 5.11. The normalized spacial score (nSPS) is 14.2. The standard InChI is InChI=1S/C21H22N2O8S/c1-2-30-20-10-7-16(13-18(20)23(26)27)21(25)31-14-19(24)15-5-8-17(9-6-15)32(28,29)22-11-3-4-12-22/h5-10,13H,2-4,11-12,14H2,1H3. The molecule has 0 radical (unpaired) electrons. The summed E-state index contributed by atoms with van der Waals surface area (Å²) in [7, 11) is -3.59. The lowest BCUT2D eigenvalue weighted by Gasteiger charge is -2.15. The van der Waals surface area contributed by atoms with Crippen molar-refractivity contribution in [2.45, 2.75) is 24.7 Å². The van der Waals surface area contributed by atoms with Crippen LogP contribution in [0.15, 0.2) is 47.4 Å². The molecule has 170 valence electrons. The highest BCUT2D eigenvalue weighted by molar-refractivity contribution is 7.89. The summed E-state index contributed by atoms with van der Waals surface area (Å²) in [5.41, 5.74) is -0.307. The largest absolute Gasteiger partial charge is 0.487 e. The second-order valence-electron chi connectivity index (χ2n) is 7.01. The molecule has 0 aliphatic carbocycles. The summed E-state index contributed by atoms with van der Waals surface area (Å²) in [5.74, 6) is -1.42. The van der Waals surface area contributed by atoms with Gasteiger partial charge in [0.05, 0.1) is 22.0 Å². The second-order valence-corrected chi connectivity index (χ2v) is 8.95. The van der Waals surface area contributed by atoms with E-state index in [1.54, 1.807) is 6.92 Å². The van der Waals surface area contributed by atoms with Crippen molar-refractivity contribution in [1.29, 1.82) is 0 Å². The fourth-order valence-electron chi connectivity index (χ4n) is 3.25. The van der Waals surface area contributed by atoms with Crippen LogP contribution in [0.2, 0.25) is 0 Å². The molecule has 32 heavy (non-hydrogen) atoms. The van der Waals surface area contributed by atoms with Gasteiger partial charge in [-0.3, -0.25) is 14.9 Å². The summed E-state index contributed by atoms with van der Waals surface area (Å²) in [6.07, 6.45) is 1.64. The highest BCUT2D eigenvalue weighted by Crippen LogP contribution is 2.28. The summed E-state index contributed by atoms with van der Waals surface area (Å²) in [5, 5.41) is 11.2. The maximum atomic E-state index is 12.5. The molecule has 2 aromatic carbocycles. The van der Waals surface area contributed by atoms with Gasteiger partial charge in [-0.05, 0) is 56.2 Å². The lowest BCUT2D eigenvalue weighted by Crippen LogP contribution is -2.27. The molecular weight excluding hydrogens is 440 g/mol. The predicted molar refractivity (Wildman–Crippen MR) is 113 cm³/mol. The van der Waals surface area contributed by atoms with Crippen LogP contribution < -0.4 is 4.74 Å². The molecule has 1 heterocycles. The van der Waals surface area contributed by atoms with Gasteiger partial charge in [0.2, 0.25) is 10.0 Å². The van der Waals surface area contributed by atoms with Crippen LogP contribution in [0.1, 0.15) is 40.5 Å². The van der Waals surface area contributed by atoms with Gasteiger partial charge in [-0.15, -0.1) is 0 Å². The van der Waals surface area contributed by atoms with Gasteiger partial charge in [0, 0.05) is 24.7 Å². The summed E-state index contributed by atoms with van der Waals surface area (Å²) in [6, 6.07) is 9.04. The Morgan fingerprint density at radius 3 is 2.28 bits per heavy atom. The van der Waals surface area contributed by atoms with E-state index in [-0.39, 0.29) is 34.1 Å². The Kier molecular flexibility index (Phi) is 7.21. The fraction of sp³-hybridized carbons (Fsp3) is 0.333. The van der Waals surface area contributed by atoms with Gasteiger partial charge in [0.25, 0.3) is 0 Å². The molecule has 0 spiro atoms. The van der Waals surface area contributed by atoms with Crippen LogP contribution in [0, 0.1) is 10.1 Å². The molecule has 11 heteroatoms. The number of nitro groups is 1. The summed E-state index contributed by atoms with van der Waals surface area (Å²) in [6.45, 7) is 2.24. The number of hydrogen-bond donors (Lipinski definition) is 0. The molecule has 0 N–H and O–H groups in total. The monoisotopic (exact) mass is 462 g/mol. The lowest BCUT2D eigenvalue weighted by atomic mass is 10.1. The van der Waals surface area contributed by atoms with E-state index in [4.69, 9.17) is 9.47 Å². The minimum Gasteiger partial charge on any atom is -0.487 e. The topological polar surface area (TPSA) is 133 Å². The molecule has 1 aliphatic rings. The molecule has 0 saturated carbocycles. The van der Waals surface area contributed by atoms with Gasteiger partial charge in [-0.1, -0.05) is 0 Å². The van der Waals surface area contributed by atoms with Crippen molar-refractivity contribution < 1.29 is 32.4 Å². The van der Waals surface area contributed by atoms with Gasteiger partial charge < -0.3 is 9.47 Å². The number of rotatable bonds is 9. The van der Waals surface area contributed by atoms with Crippen molar-refractivity contribution in [2.24, 2.45) is 0 Å². The molecule has 0 unspecified atom stereocenters. The molecule has 0 atom stereocenters. The van der Waals surface area contributed by atoms with Crippen LogP contribution in [0.25, 0.3) is 0 Å². The first-order valence-electron chi connectivity index (χ1n) is 9.96. The van der Waals surface area contributed by atoms with E-state index in [0.717, 1.165) is 18.9 Å². The highest BCUT2D eigenvalue weighted by Gasteiger charge is 2.27. The Balaban J connectivity index is 1.65. The number of carbonyl (C=O) groups excluding carboxylic acids is 2. The third-order valence-electron chi connectivity index (χ3n) is 4.90. The number of nitrogens with zero attached hydrogens (tertiary/aromatic N) is 2. The van der Waals surface area contributed by atoms with E-state index >= 15 is 0 Å². The zero-order chi connectivity index (χ0) is 23.3. The lowest BCUT2D eigenvalue weighted by molar-refractivity contribution is -0.385. The first-order chi connectivity index (χ1) is 15.2. The second kappa shape index (κ2) is 9.88. The van der Waals surface area contributed by atoms with Crippen LogP contribution in [-0.4, -0.2) is 55.7 Å². The number of ether oxygens (including phenoxy) is 2. The zero-order valence-corrected chi connectivity index (χ0v) is 18.2. The number of hydrogen-bond acceptors (Lipinski definition) is 8. The molecule has 1 saturated heterocycles. The average molecular weight is 462 g/mol. The summed E-state index contributed by atoms with van der Waals surface area (Å²) in [4.78, 5) is 35.2. The Morgan fingerprint density at radius 2 is 1.69 bits per heavy atom. The zero-order valence-electron chi connectivity index (χ0n) is 17.4. The van der Waals surface area contributed by atoms with E-state index in [1.807, 2.05) is 0 Å². The Bertz CT molecular complexity index is 1120. The molecule has 3 rings (SSSR count). The number of benzene rings is 2. The van der Waals surface area contributed by atoms with Crippen molar-refractivity contribution in [3.63, 3.8) is 0 Å². The van der Waals surface area contributed by atoms with Gasteiger partial charge >= 0.3 is 11.7 Å². The van der Waals surface area contributed by atoms with Crippen molar-refractivity contribution in [3.8, 4) is 5.75 Å². The van der Waals surface area contributed by atoms with E-state index in [2.05, 4.69) is 0 Å². The number of esters is 1. The minimum atomic E-state index is -3.59. The van der Waals surface area contributed by atoms with Crippen LogP contribution in [0.5, 0.6) is 5.75 Å². The quantitative estimate of drug-likeness (QED) is 0.240. The predicted octanol–water partition coefficient (Wildman–Crippen LogP) is 2.82. The van der Waals surface area contributed by atoms with Crippen molar-refractivity contribution in [2.75, 3.05) is 26.3 Å². The molecule has 1 aliphatic heterocycles. The highest BCUT2D eigenvalue weighted by atomic mass is 32.2. The van der Waals surface area contributed by atoms with Gasteiger partial charge in [-0.25, -0.2) is 13.2 Å². The fourth-order valence-corrected chi connectivity index (χ4v) is 4.77. The molecule has 0 amide bonds. The van der Waals surface area contributed by atoms with Gasteiger partial charge in [0.15, 0.2) is 18.1 Å². The van der Waals surface area contributed by atoms with Crippen LogP contribution in [0.3, 0.4) is 0 Å². The molecule has 2 aromatic rings. The molecule has 0 bridgehead atoms. The number of carbonyl (C=O) groups is 2. The summed E-state index contributed by atoms with van der Waals surface area (Å²) >= 11 is 0. The van der Waals surface area contributed by atoms with Crippen molar-refractivity contribution in [3.05, 3.63) is 63.7 Å². The first-order valence-corrected chi connectivity index (χ1v) is 11.4. The Labute approximate surface area is 184 Å². The Morgan fingerprint density at radius 1 is 1.06 bits per heavy atom. The Hall–Kier alpha value is -3.31. The number of sulfonamides is 1. The van der Waals surface area contributed by atoms with E-state index in [0.29, 0.717) is 13.1 Å². The van der Waals surface area contributed by atoms with E-state index < -0.39 is 33.3 Å². The molecule has 10 nitrogen and oxygen atoms in total. The van der Waals surface area contributed by atoms with Crippen LogP contribution >= 0.6 is 0 Å². The van der Waals surface area contributed by atoms with E-state index in [1.165, 1.54) is 40.7 Å². The number of ketones is 1. The minimum absolute atomic E-state index is 0.0223. The molecular formula is C21H22N2O8S. The SMILES string of the molecule is CCOc1ccc(C(=O)OCC(=O)c2ccc(S(=O)(=O)N3CCCC3)cc2)cc1[N+](=O)[O-]. The van der Waals surface area contributed by atoms with Crippen molar-refractivity contribution in [1.82, 2.24) is 4.31 Å². The van der Waals surface area contributed by atoms with Crippen LogP contribution in [-0.2, 0) is 14.8 Å². The summed E-state index contributed by atoms with van der Waals surface area (Å²) < 4.78 is 36.6. The van der Waals surface area contributed by atoms with Gasteiger partial charge in [0.1, 0.15) is 0 Å². The van der Waals surface area contributed by atoms with Crippen LogP contribution in [0.4, 0.5) is 5.69 Å². The van der Waals surface area contributed by atoms with Crippen molar-refractivity contribution >= 4 is 27.5 Å². The number of Topliss-reactive ketones (excluding diaryl/α,β-unsaturated/α-hetero) is 1. The number of nitro benzene ring substituents is 1. The molecule has 0 aromatic heterocycles. The van der Waals surface area contributed by atoms with Gasteiger partial charge in [-0.2, -0.15) is 4.31 Å². The average Bonchev–Trinajstić information content (AvgIpc) is 3.33. The maximum absolute atomic E-state index is 12.5. The maximum Gasteiger partial charge on any atom is 0.338 e.